The predicted molar refractivity (Wildman–Crippen MR) is 285 cm³/mol. The Balaban J connectivity index is 0.000000383. The van der Waals surface area contributed by atoms with Crippen molar-refractivity contribution in [3.8, 4) is 0 Å². The average Bonchev–Trinajstić information content (AvgIpc) is 3.29. The third kappa shape index (κ3) is 31.4. The summed E-state index contributed by atoms with van der Waals surface area (Å²) >= 11 is 0. The van der Waals surface area contributed by atoms with Gasteiger partial charge < -0.3 is 9.47 Å². The molecule has 3 aromatic rings. The summed E-state index contributed by atoms with van der Waals surface area (Å²) in [5, 5.41) is 0. The molecule has 5 heteroatoms. The third-order valence-electron chi connectivity index (χ3n) is 13.2. The molecule has 0 radical (unpaired) electrons. The van der Waals surface area contributed by atoms with Gasteiger partial charge in [0.05, 0.1) is 13.2 Å². The molecule has 1 saturated heterocycles. The highest BCUT2D eigenvalue weighted by atomic mass is 19.1. The lowest BCUT2D eigenvalue weighted by atomic mass is 9.84. The SMILES string of the molecule is CC1=CCC(C)CC1.CC1=CCC(C)CC1.CC1C=CC(C)CC1.CC1CCC(C)CC1.CC1COC(C)OC1.Cc1cc(F)c(C)c(F)c1.Cc1ccc(C)c(F)c1.Cc1ccc(C)cc1. The maximum atomic E-state index is 12.6. The molecule has 1 saturated carbocycles. The van der Waals surface area contributed by atoms with E-state index in [1.807, 2.05) is 19.9 Å². The fourth-order valence-corrected chi connectivity index (χ4v) is 7.52. The molecule has 1 aliphatic heterocycles. The van der Waals surface area contributed by atoms with Crippen molar-refractivity contribution in [3.05, 3.63) is 141 Å². The van der Waals surface area contributed by atoms with E-state index < -0.39 is 11.6 Å². The van der Waals surface area contributed by atoms with Gasteiger partial charge in [-0.3, -0.25) is 0 Å². The van der Waals surface area contributed by atoms with Gasteiger partial charge in [-0.1, -0.05) is 157 Å². The summed E-state index contributed by atoms with van der Waals surface area (Å²) in [7, 11) is 0. The van der Waals surface area contributed by atoms with Crippen LogP contribution in [0.25, 0.3) is 0 Å². The van der Waals surface area contributed by atoms with Gasteiger partial charge in [0.15, 0.2) is 6.29 Å². The number of ether oxygens (including phenoxy) is 2. The van der Waals surface area contributed by atoms with Crippen molar-refractivity contribution in [2.75, 3.05) is 13.2 Å². The molecule has 8 rings (SSSR count). The van der Waals surface area contributed by atoms with Crippen LogP contribution in [-0.2, 0) is 9.47 Å². The monoisotopic (exact) mass is 931 g/mol. The summed E-state index contributed by atoms with van der Waals surface area (Å²) in [5.41, 5.74) is 8.21. The van der Waals surface area contributed by atoms with Gasteiger partial charge in [0.25, 0.3) is 0 Å². The van der Waals surface area contributed by atoms with Crippen LogP contribution in [0.5, 0.6) is 0 Å². The zero-order chi connectivity index (χ0) is 50.5. The van der Waals surface area contributed by atoms with E-state index in [0.29, 0.717) is 17.0 Å². The lowest BCUT2D eigenvalue weighted by Crippen LogP contribution is -2.27. The van der Waals surface area contributed by atoms with Crippen molar-refractivity contribution in [2.24, 2.45) is 41.4 Å². The van der Waals surface area contributed by atoms with Crippen molar-refractivity contribution in [1.82, 2.24) is 0 Å². The van der Waals surface area contributed by atoms with Gasteiger partial charge in [0.1, 0.15) is 17.5 Å². The standard InChI is InChI=1S/C8H8F2.C8H9F.C8H16.3C8H14.C8H10.C6H12O2/c1-5-3-7(9)6(2)8(10)4-5;1-6-3-4-7(2)8(9)5-6;5*1-7-3-5-8(2)6-4-7;1-5-3-7-6(2)8-4-5/h3-4H,1-2H3;3-5H,1-2H3;7-8H,3-6H2,1-2H3;2*3,8H,4-6H2,1-2H3;3,5,7-8H,4,6H2,1-2H3;3-6H,1-2H3;5-6H,3-4H2,1-2H3. The van der Waals surface area contributed by atoms with Gasteiger partial charge in [0.2, 0.25) is 0 Å². The predicted octanol–water partition coefficient (Wildman–Crippen LogP) is 19.3. The van der Waals surface area contributed by atoms with Gasteiger partial charge in [0, 0.05) is 11.5 Å². The molecule has 0 bridgehead atoms. The van der Waals surface area contributed by atoms with Gasteiger partial charge in [-0.15, -0.1) is 0 Å². The van der Waals surface area contributed by atoms with Gasteiger partial charge in [-0.05, 0) is 184 Å². The summed E-state index contributed by atoms with van der Waals surface area (Å²) in [6.45, 7) is 35.0. The molecule has 2 nitrogen and oxygen atoms in total. The Morgan fingerprint density at radius 2 is 0.776 bits per heavy atom. The molecular weight excluding hydrogens is 834 g/mol. The third-order valence-corrected chi connectivity index (χ3v) is 13.2. The van der Waals surface area contributed by atoms with Crippen molar-refractivity contribution < 1.29 is 22.6 Å². The molecular formula is C62H97F3O2. The van der Waals surface area contributed by atoms with Crippen molar-refractivity contribution >= 4 is 0 Å². The highest BCUT2D eigenvalue weighted by Gasteiger charge is 2.14. The van der Waals surface area contributed by atoms with E-state index in [2.05, 4.69) is 125 Å². The first kappa shape index (κ1) is 61.6. The topological polar surface area (TPSA) is 18.5 Å². The van der Waals surface area contributed by atoms with Crippen molar-refractivity contribution in [1.29, 1.82) is 0 Å². The minimum absolute atomic E-state index is 0.0196. The molecule has 378 valence electrons. The second kappa shape index (κ2) is 34.8. The van der Waals surface area contributed by atoms with E-state index in [0.717, 1.165) is 54.3 Å². The van der Waals surface area contributed by atoms with E-state index in [1.54, 1.807) is 31.1 Å². The molecule has 4 aliphatic carbocycles. The lowest BCUT2D eigenvalue weighted by Gasteiger charge is -2.24. The van der Waals surface area contributed by atoms with E-state index in [1.165, 1.54) is 113 Å². The summed E-state index contributed by atoms with van der Waals surface area (Å²) in [6.07, 6.45) is 26.2. The number of allylic oxidation sites excluding steroid dienone is 6. The highest BCUT2D eigenvalue weighted by molar-refractivity contribution is 5.24. The summed E-state index contributed by atoms with van der Waals surface area (Å²) in [4.78, 5) is 0. The molecule has 0 amide bonds. The van der Waals surface area contributed by atoms with Crippen LogP contribution in [0.2, 0.25) is 0 Å². The first-order valence-electron chi connectivity index (χ1n) is 25.9. The lowest BCUT2D eigenvalue weighted by molar-refractivity contribution is -0.187. The maximum Gasteiger partial charge on any atom is 0.154 e. The quantitative estimate of drug-likeness (QED) is 0.209. The van der Waals surface area contributed by atoms with E-state index in [9.17, 15) is 13.2 Å². The molecule has 4 atom stereocenters. The van der Waals surface area contributed by atoms with Crippen LogP contribution < -0.4 is 0 Å². The molecule has 3 aromatic carbocycles. The number of hydrogen-bond acceptors (Lipinski definition) is 2. The second-order valence-electron chi connectivity index (χ2n) is 21.2. The van der Waals surface area contributed by atoms with Gasteiger partial charge >= 0.3 is 0 Å². The molecule has 2 fully saturated rings. The zero-order valence-electron chi connectivity index (χ0n) is 45.5. The molecule has 0 N–H and O–H groups in total. The maximum absolute atomic E-state index is 12.6. The molecule has 67 heavy (non-hydrogen) atoms. The highest BCUT2D eigenvalue weighted by Crippen LogP contribution is 2.27. The van der Waals surface area contributed by atoms with Crippen LogP contribution in [0.15, 0.2) is 90.0 Å². The summed E-state index contributed by atoms with van der Waals surface area (Å²) < 4.78 is 48.1. The molecule has 0 aromatic heterocycles. The Labute approximate surface area is 410 Å². The fraction of sp³-hybridized carbons (Fsp3) is 0.613. The molecule has 5 aliphatic rings. The smallest absolute Gasteiger partial charge is 0.154 e. The first-order chi connectivity index (χ1) is 31.5. The van der Waals surface area contributed by atoms with E-state index in [4.69, 9.17) is 9.47 Å². The Bertz CT molecular complexity index is 1720. The Morgan fingerprint density at radius 1 is 0.403 bits per heavy atom. The Morgan fingerprint density at radius 3 is 1.07 bits per heavy atom. The Hall–Kier alpha value is -3.41. The molecule has 4 unspecified atom stereocenters. The number of hydrogen-bond donors (Lipinski definition) is 0. The van der Waals surface area contributed by atoms with Gasteiger partial charge in [-0.2, -0.15) is 0 Å². The Kier molecular flexibility index (Phi) is 32.0. The van der Waals surface area contributed by atoms with Crippen molar-refractivity contribution in [2.45, 2.75) is 194 Å². The van der Waals surface area contributed by atoms with Gasteiger partial charge in [-0.25, -0.2) is 13.2 Å². The first-order valence-corrected chi connectivity index (χ1v) is 25.9. The second-order valence-corrected chi connectivity index (χ2v) is 21.2. The largest absolute Gasteiger partial charge is 0.353 e. The minimum atomic E-state index is -0.475. The number of halogens is 3. The zero-order valence-corrected chi connectivity index (χ0v) is 45.5. The van der Waals surface area contributed by atoms with Crippen LogP contribution in [0, 0.1) is 100 Å². The van der Waals surface area contributed by atoms with E-state index >= 15 is 0 Å². The fourth-order valence-electron chi connectivity index (χ4n) is 7.52. The number of benzene rings is 3. The number of aryl methyl sites for hydroxylation is 5. The normalized spacial score (nSPS) is 25.0. The van der Waals surface area contributed by atoms with Crippen LogP contribution in [0.4, 0.5) is 13.2 Å². The molecule has 0 spiro atoms. The van der Waals surface area contributed by atoms with Crippen molar-refractivity contribution in [3.63, 3.8) is 0 Å². The van der Waals surface area contributed by atoms with Crippen LogP contribution in [0.1, 0.15) is 180 Å². The summed E-state index contributed by atoms with van der Waals surface area (Å²) in [6, 6.07) is 16.3. The van der Waals surface area contributed by atoms with E-state index in [-0.39, 0.29) is 17.7 Å². The van der Waals surface area contributed by atoms with Crippen LogP contribution in [0.3, 0.4) is 0 Å². The minimum Gasteiger partial charge on any atom is -0.353 e. The average molecular weight is 931 g/mol. The summed E-state index contributed by atoms with van der Waals surface area (Å²) in [5.74, 6) is 5.11. The molecule has 1 heterocycles. The van der Waals surface area contributed by atoms with Crippen LogP contribution >= 0.6 is 0 Å². The number of rotatable bonds is 0. The van der Waals surface area contributed by atoms with Crippen LogP contribution in [-0.4, -0.2) is 19.5 Å².